The van der Waals surface area contributed by atoms with Crippen molar-refractivity contribution in [3.63, 3.8) is 0 Å². The lowest BCUT2D eigenvalue weighted by Gasteiger charge is -2.33. The van der Waals surface area contributed by atoms with Gasteiger partial charge in [-0.15, -0.1) is 15.3 Å². The minimum Gasteiger partial charge on any atom is -0.497 e. The van der Waals surface area contributed by atoms with Crippen LogP contribution in [0.5, 0.6) is 5.75 Å². The summed E-state index contributed by atoms with van der Waals surface area (Å²) in [5.41, 5.74) is 1.36. The molecule has 1 N–H and O–H groups in total. The molecule has 8 nitrogen and oxygen atoms in total. The van der Waals surface area contributed by atoms with Gasteiger partial charge >= 0.3 is 0 Å². The Morgan fingerprint density at radius 2 is 2.00 bits per heavy atom. The Bertz CT molecular complexity index is 962. The van der Waals surface area contributed by atoms with Crippen molar-refractivity contribution < 1.29 is 9.53 Å². The van der Waals surface area contributed by atoms with Crippen LogP contribution in [0.25, 0.3) is 5.65 Å². The molecule has 1 aliphatic rings. The summed E-state index contributed by atoms with van der Waals surface area (Å²) in [6.45, 7) is 3.56. The molecule has 0 spiro atoms. The zero-order chi connectivity index (χ0) is 18.8. The number of ether oxygens (including phenoxy) is 1. The monoisotopic (exact) mass is 366 g/mol. The molecule has 8 heteroatoms. The number of amides is 1. The number of aromatic nitrogens is 4. The number of carbonyl (C=O) groups excluding carboxylic acids is 1. The number of carbonyl (C=O) groups is 1. The van der Waals surface area contributed by atoms with Crippen molar-refractivity contribution >= 4 is 17.4 Å². The maximum Gasteiger partial charge on any atom is 0.251 e. The minimum atomic E-state index is -0.0630. The number of hydrogen-bond donors (Lipinski definition) is 1. The van der Waals surface area contributed by atoms with E-state index < -0.39 is 0 Å². The van der Waals surface area contributed by atoms with E-state index >= 15 is 0 Å². The molecule has 0 radical (unpaired) electrons. The van der Waals surface area contributed by atoms with E-state index in [-0.39, 0.29) is 11.9 Å². The molecule has 0 bridgehead atoms. The molecule has 0 aliphatic carbocycles. The van der Waals surface area contributed by atoms with E-state index in [0.29, 0.717) is 11.3 Å². The number of benzene rings is 1. The Morgan fingerprint density at radius 1 is 1.19 bits per heavy atom. The molecule has 0 unspecified atom stereocenters. The second kappa shape index (κ2) is 7.22. The first-order valence-corrected chi connectivity index (χ1v) is 9.03. The topological polar surface area (TPSA) is 84.6 Å². The highest BCUT2D eigenvalue weighted by Gasteiger charge is 2.22. The Balaban J connectivity index is 1.38. The number of aryl methyl sites for hydroxylation is 1. The van der Waals surface area contributed by atoms with Gasteiger partial charge in [0, 0.05) is 24.7 Å². The maximum absolute atomic E-state index is 12.5. The summed E-state index contributed by atoms with van der Waals surface area (Å²) in [6, 6.07) is 11.3. The molecule has 1 amide bonds. The molecular formula is C19H22N6O2. The third-order valence-corrected chi connectivity index (χ3v) is 4.89. The summed E-state index contributed by atoms with van der Waals surface area (Å²) in [5, 5.41) is 15.9. The number of piperidine rings is 1. The number of anilines is 1. The third kappa shape index (κ3) is 3.55. The first kappa shape index (κ1) is 17.3. The van der Waals surface area contributed by atoms with Gasteiger partial charge in [0.05, 0.1) is 7.11 Å². The van der Waals surface area contributed by atoms with E-state index in [9.17, 15) is 4.79 Å². The highest BCUT2D eigenvalue weighted by Crippen LogP contribution is 2.19. The standard InChI is InChI=1S/C19H22N6O2/c1-13-21-22-17-6-7-18(23-25(13)17)24-10-8-15(9-11-24)20-19(26)14-4-3-5-16(12-14)27-2/h3-7,12,15H,8-11H2,1-2H3,(H,20,26). The Kier molecular flexibility index (Phi) is 4.62. The summed E-state index contributed by atoms with van der Waals surface area (Å²) in [7, 11) is 1.60. The van der Waals surface area contributed by atoms with Crippen molar-refractivity contribution in [3.8, 4) is 5.75 Å². The molecule has 1 saturated heterocycles. The fourth-order valence-electron chi connectivity index (χ4n) is 3.34. The third-order valence-electron chi connectivity index (χ3n) is 4.89. The van der Waals surface area contributed by atoms with Gasteiger partial charge in [0.25, 0.3) is 5.91 Å². The van der Waals surface area contributed by atoms with E-state index in [1.807, 2.05) is 31.2 Å². The van der Waals surface area contributed by atoms with Crippen molar-refractivity contribution in [2.24, 2.45) is 0 Å². The highest BCUT2D eigenvalue weighted by atomic mass is 16.5. The second-order valence-corrected chi connectivity index (χ2v) is 6.68. The van der Waals surface area contributed by atoms with Crippen molar-refractivity contribution in [1.29, 1.82) is 0 Å². The number of nitrogens with zero attached hydrogens (tertiary/aromatic N) is 5. The molecule has 3 heterocycles. The largest absolute Gasteiger partial charge is 0.497 e. The predicted molar refractivity (Wildman–Crippen MR) is 101 cm³/mol. The Labute approximate surface area is 157 Å². The van der Waals surface area contributed by atoms with Crippen molar-refractivity contribution in [2.45, 2.75) is 25.8 Å². The SMILES string of the molecule is COc1cccc(C(=O)NC2CCN(c3ccc4nnc(C)n4n3)CC2)c1. The number of methoxy groups -OCH3 is 1. The molecule has 0 atom stereocenters. The van der Waals surface area contributed by atoms with Gasteiger partial charge in [-0.25, -0.2) is 0 Å². The van der Waals surface area contributed by atoms with Crippen LogP contribution >= 0.6 is 0 Å². The predicted octanol–water partition coefficient (Wildman–Crippen LogP) is 1.84. The molecule has 1 fully saturated rings. The van der Waals surface area contributed by atoms with E-state index in [4.69, 9.17) is 4.74 Å². The summed E-state index contributed by atoms with van der Waals surface area (Å²) in [6.07, 6.45) is 1.74. The fraction of sp³-hybridized carbons (Fsp3) is 0.368. The van der Waals surface area contributed by atoms with Crippen molar-refractivity contribution in [3.05, 3.63) is 47.8 Å². The van der Waals surface area contributed by atoms with Crippen molar-refractivity contribution in [2.75, 3.05) is 25.1 Å². The van der Waals surface area contributed by atoms with Crippen LogP contribution in [0, 0.1) is 6.92 Å². The smallest absolute Gasteiger partial charge is 0.251 e. The summed E-state index contributed by atoms with van der Waals surface area (Å²) in [4.78, 5) is 14.7. The molecule has 3 aromatic rings. The first-order chi connectivity index (χ1) is 13.1. The van der Waals surface area contributed by atoms with E-state index in [1.165, 1.54) is 0 Å². The zero-order valence-electron chi connectivity index (χ0n) is 15.4. The number of nitrogens with one attached hydrogen (secondary N) is 1. The average molecular weight is 366 g/mol. The minimum absolute atomic E-state index is 0.0630. The lowest BCUT2D eigenvalue weighted by molar-refractivity contribution is 0.0930. The molecule has 0 saturated carbocycles. The number of rotatable bonds is 4. The first-order valence-electron chi connectivity index (χ1n) is 9.03. The van der Waals surface area contributed by atoms with E-state index in [2.05, 4.69) is 25.5 Å². The molecule has 140 valence electrons. The Morgan fingerprint density at radius 3 is 2.78 bits per heavy atom. The molecule has 2 aromatic heterocycles. The molecule has 27 heavy (non-hydrogen) atoms. The van der Waals surface area contributed by atoms with E-state index in [1.54, 1.807) is 23.8 Å². The summed E-state index contributed by atoms with van der Waals surface area (Å²) >= 11 is 0. The molecule has 1 aromatic carbocycles. The van der Waals surface area contributed by atoms with Gasteiger partial charge in [0.15, 0.2) is 11.5 Å². The van der Waals surface area contributed by atoms with Crippen LogP contribution in [0.4, 0.5) is 5.82 Å². The van der Waals surface area contributed by atoms with Gasteiger partial charge in [-0.1, -0.05) is 6.07 Å². The van der Waals surface area contributed by atoms with Gasteiger partial charge in [-0.3, -0.25) is 4.79 Å². The van der Waals surface area contributed by atoms with Gasteiger partial charge in [-0.05, 0) is 50.1 Å². The van der Waals surface area contributed by atoms with Crippen LogP contribution in [0.2, 0.25) is 0 Å². The molecule has 1 aliphatic heterocycles. The lowest BCUT2D eigenvalue weighted by atomic mass is 10.0. The van der Waals surface area contributed by atoms with Crippen LogP contribution in [-0.2, 0) is 0 Å². The van der Waals surface area contributed by atoms with Crippen LogP contribution in [0.3, 0.4) is 0 Å². The number of fused-ring (bicyclic) bond motifs is 1. The van der Waals surface area contributed by atoms with Crippen LogP contribution in [-0.4, -0.2) is 52.0 Å². The quantitative estimate of drug-likeness (QED) is 0.758. The van der Waals surface area contributed by atoms with Gasteiger partial charge in [-0.2, -0.15) is 4.52 Å². The normalized spacial score (nSPS) is 15.1. The molecular weight excluding hydrogens is 344 g/mol. The fourth-order valence-corrected chi connectivity index (χ4v) is 3.34. The van der Waals surface area contributed by atoms with Gasteiger partial charge in [0.2, 0.25) is 0 Å². The van der Waals surface area contributed by atoms with Crippen LogP contribution < -0.4 is 15.0 Å². The molecule has 4 rings (SSSR count). The summed E-state index contributed by atoms with van der Waals surface area (Å²) in [5.74, 6) is 2.30. The van der Waals surface area contributed by atoms with Crippen LogP contribution in [0.15, 0.2) is 36.4 Å². The van der Waals surface area contributed by atoms with Gasteiger partial charge < -0.3 is 15.0 Å². The zero-order valence-corrected chi connectivity index (χ0v) is 15.4. The average Bonchev–Trinajstić information content (AvgIpc) is 3.09. The van der Waals surface area contributed by atoms with Crippen molar-refractivity contribution in [1.82, 2.24) is 25.1 Å². The van der Waals surface area contributed by atoms with Gasteiger partial charge in [0.1, 0.15) is 11.6 Å². The van der Waals surface area contributed by atoms with E-state index in [0.717, 1.165) is 43.2 Å². The summed E-state index contributed by atoms with van der Waals surface area (Å²) < 4.78 is 6.94. The van der Waals surface area contributed by atoms with Crippen LogP contribution in [0.1, 0.15) is 29.0 Å². The Hall–Kier alpha value is -3.16. The lowest BCUT2D eigenvalue weighted by Crippen LogP contribution is -2.45. The highest BCUT2D eigenvalue weighted by molar-refractivity contribution is 5.94. The number of hydrogen-bond acceptors (Lipinski definition) is 6. The second-order valence-electron chi connectivity index (χ2n) is 6.68. The maximum atomic E-state index is 12.5.